The van der Waals surface area contributed by atoms with E-state index in [0.29, 0.717) is 12.1 Å². The molecule has 0 unspecified atom stereocenters. The van der Waals surface area contributed by atoms with Crippen molar-refractivity contribution in [1.29, 1.82) is 5.26 Å². The van der Waals surface area contributed by atoms with Crippen LogP contribution in [0.25, 0.3) is 11.3 Å². The summed E-state index contributed by atoms with van der Waals surface area (Å²) in [5.74, 6) is 0.560. The van der Waals surface area contributed by atoms with Gasteiger partial charge in [-0.25, -0.2) is 9.78 Å². The highest BCUT2D eigenvalue weighted by molar-refractivity contribution is 5.81. The van der Waals surface area contributed by atoms with Crippen molar-refractivity contribution in [1.82, 2.24) is 20.1 Å². The van der Waals surface area contributed by atoms with Crippen LogP contribution in [-0.2, 0) is 4.79 Å². The van der Waals surface area contributed by atoms with E-state index in [1.807, 2.05) is 36.4 Å². The number of hydrogen-bond donors (Lipinski definition) is 2. The molecular weight excluding hydrogens is 396 g/mol. The summed E-state index contributed by atoms with van der Waals surface area (Å²) < 4.78 is 0. The molecule has 1 fully saturated rings. The van der Waals surface area contributed by atoms with Crippen molar-refractivity contribution >= 4 is 17.8 Å². The van der Waals surface area contributed by atoms with E-state index in [1.54, 1.807) is 6.07 Å². The molecule has 9 heteroatoms. The van der Waals surface area contributed by atoms with E-state index >= 15 is 0 Å². The number of benzene rings is 1. The monoisotopic (exact) mass is 422 g/mol. The van der Waals surface area contributed by atoms with Gasteiger partial charge in [-0.05, 0) is 24.3 Å². The van der Waals surface area contributed by atoms with Gasteiger partial charge in [-0.3, -0.25) is 14.6 Å². The molecule has 0 radical (unpaired) electrons. The predicted molar refractivity (Wildman–Crippen MR) is 117 cm³/mol. The lowest BCUT2D eigenvalue weighted by atomic mass is 10.1. The van der Waals surface area contributed by atoms with Crippen LogP contribution in [0.4, 0.5) is 10.6 Å². The van der Waals surface area contributed by atoms with Crippen molar-refractivity contribution < 1.29 is 14.7 Å². The Labute approximate surface area is 181 Å². The molecule has 2 N–H and O–H groups in total. The fraction of sp³-hybridized carbons (Fsp3) is 0.364. The quantitative estimate of drug-likeness (QED) is 0.695. The van der Waals surface area contributed by atoms with E-state index in [9.17, 15) is 14.7 Å². The Morgan fingerprint density at radius 1 is 1.19 bits per heavy atom. The first-order valence-corrected chi connectivity index (χ1v) is 10.1. The third kappa shape index (κ3) is 5.93. The largest absolute Gasteiger partial charge is 0.465 e. The van der Waals surface area contributed by atoms with Gasteiger partial charge in [-0.1, -0.05) is 18.2 Å². The third-order valence-electron chi connectivity index (χ3n) is 5.29. The molecule has 2 aromatic rings. The summed E-state index contributed by atoms with van der Waals surface area (Å²) >= 11 is 0. The number of amides is 2. The number of carbonyl (C=O) groups is 2. The number of hydrogen-bond acceptors (Lipinski definition) is 6. The van der Waals surface area contributed by atoms with Gasteiger partial charge in [0, 0.05) is 51.9 Å². The lowest BCUT2D eigenvalue weighted by molar-refractivity contribution is -0.121. The van der Waals surface area contributed by atoms with Gasteiger partial charge < -0.3 is 15.3 Å². The van der Waals surface area contributed by atoms with E-state index in [-0.39, 0.29) is 19.0 Å². The van der Waals surface area contributed by atoms with Gasteiger partial charge >= 0.3 is 6.09 Å². The molecule has 1 aliphatic rings. The molecule has 1 saturated heterocycles. The molecule has 162 valence electrons. The number of carboxylic acid groups (broad SMARTS) is 1. The molecule has 31 heavy (non-hydrogen) atoms. The molecule has 3 rings (SSSR count). The second-order valence-electron chi connectivity index (χ2n) is 7.28. The maximum absolute atomic E-state index is 11.5. The fourth-order valence-electron chi connectivity index (χ4n) is 3.47. The van der Waals surface area contributed by atoms with Crippen molar-refractivity contribution in [2.45, 2.75) is 0 Å². The molecule has 2 heterocycles. The van der Waals surface area contributed by atoms with Crippen LogP contribution in [0.3, 0.4) is 0 Å². The van der Waals surface area contributed by atoms with E-state index in [4.69, 9.17) is 10.2 Å². The third-order valence-corrected chi connectivity index (χ3v) is 5.29. The average molecular weight is 422 g/mol. The minimum absolute atomic E-state index is 0.157. The Hall–Kier alpha value is -3.64. The van der Waals surface area contributed by atoms with Crippen LogP contribution in [0.15, 0.2) is 42.5 Å². The molecule has 9 nitrogen and oxygen atoms in total. The molecule has 0 atom stereocenters. The highest BCUT2D eigenvalue weighted by Crippen LogP contribution is 2.22. The maximum atomic E-state index is 11.5. The number of anilines is 1. The summed E-state index contributed by atoms with van der Waals surface area (Å²) in [4.78, 5) is 33.1. The summed E-state index contributed by atoms with van der Waals surface area (Å²) in [6, 6.07) is 15.4. The van der Waals surface area contributed by atoms with Gasteiger partial charge in [-0.15, -0.1) is 0 Å². The zero-order valence-corrected chi connectivity index (χ0v) is 17.5. The summed E-state index contributed by atoms with van der Waals surface area (Å²) in [6.07, 6.45) is -1.09. The lowest BCUT2D eigenvalue weighted by Gasteiger charge is -2.36. The van der Waals surface area contributed by atoms with Gasteiger partial charge in [0.1, 0.15) is 12.4 Å². The molecular formula is C22H26N6O3. The van der Waals surface area contributed by atoms with Gasteiger partial charge in [-0.2, -0.15) is 5.26 Å². The van der Waals surface area contributed by atoms with Crippen molar-refractivity contribution in [3.05, 3.63) is 48.0 Å². The molecule has 0 bridgehead atoms. The van der Waals surface area contributed by atoms with Crippen molar-refractivity contribution in [3.63, 3.8) is 0 Å². The Balaban J connectivity index is 1.57. The number of rotatable bonds is 7. The first kappa shape index (κ1) is 22.1. The Bertz CT molecular complexity index is 966. The molecule has 1 aromatic heterocycles. The number of piperazine rings is 1. The highest BCUT2D eigenvalue weighted by Gasteiger charge is 2.21. The number of nitriles is 1. The van der Waals surface area contributed by atoms with Crippen molar-refractivity contribution in [3.8, 4) is 17.3 Å². The van der Waals surface area contributed by atoms with Crippen LogP contribution in [0, 0.1) is 11.3 Å². The topological polar surface area (TPSA) is 113 Å². The maximum Gasteiger partial charge on any atom is 0.407 e. The first-order valence-electron chi connectivity index (χ1n) is 10.1. The normalized spacial score (nSPS) is 14.0. The number of pyridine rings is 1. The van der Waals surface area contributed by atoms with Crippen LogP contribution >= 0.6 is 0 Å². The van der Waals surface area contributed by atoms with Crippen molar-refractivity contribution in [2.75, 3.05) is 57.8 Å². The van der Waals surface area contributed by atoms with Gasteiger partial charge in [0.05, 0.1) is 17.3 Å². The van der Waals surface area contributed by atoms with E-state index < -0.39 is 6.09 Å². The van der Waals surface area contributed by atoms with E-state index in [2.05, 4.69) is 21.2 Å². The Morgan fingerprint density at radius 3 is 2.61 bits per heavy atom. The predicted octanol–water partition coefficient (Wildman–Crippen LogP) is 1.47. The molecule has 0 aliphatic carbocycles. The molecule has 1 aliphatic heterocycles. The summed E-state index contributed by atoms with van der Waals surface area (Å²) in [5, 5.41) is 20.8. The summed E-state index contributed by atoms with van der Waals surface area (Å²) in [6.45, 7) is 3.81. The SMILES string of the molecule is CNC(=O)CN(CCN1CCN(c2cccc(-c3cccc(C#N)c3)n2)CC1)C(=O)O. The van der Waals surface area contributed by atoms with Crippen LogP contribution < -0.4 is 10.2 Å². The zero-order chi connectivity index (χ0) is 22.2. The smallest absolute Gasteiger partial charge is 0.407 e. The molecule has 0 spiro atoms. The van der Waals surface area contributed by atoms with Crippen LogP contribution in [0.5, 0.6) is 0 Å². The lowest BCUT2D eigenvalue weighted by Crippen LogP contribution is -2.50. The minimum Gasteiger partial charge on any atom is -0.465 e. The van der Waals surface area contributed by atoms with E-state index in [1.165, 1.54) is 7.05 Å². The van der Waals surface area contributed by atoms with Crippen molar-refractivity contribution in [2.24, 2.45) is 0 Å². The molecule has 1 aromatic carbocycles. The van der Waals surface area contributed by atoms with E-state index in [0.717, 1.165) is 48.2 Å². The highest BCUT2D eigenvalue weighted by atomic mass is 16.4. The van der Waals surface area contributed by atoms with Gasteiger partial charge in [0.25, 0.3) is 0 Å². The summed E-state index contributed by atoms with van der Waals surface area (Å²) in [7, 11) is 1.49. The number of nitrogens with one attached hydrogen (secondary N) is 1. The fourth-order valence-corrected chi connectivity index (χ4v) is 3.47. The minimum atomic E-state index is -1.09. The van der Waals surface area contributed by atoms with Crippen LogP contribution in [-0.4, -0.2) is 84.8 Å². The van der Waals surface area contributed by atoms with Crippen LogP contribution in [0.2, 0.25) is 0 Å². The number of likely N-dealkylation sites (N-methyl/N-ethyl adjacent to an activating group) is 1. The number of nitrogens with zero attached hydrogens (tertiary/aromatic N) is 5. The second-order valence-corrected chi connectivity index (χ2v) is 7.28. The first-order chi connectivity index (χ1) is 15.0. The number of carbonyl (C=O) groups excluding carboxylic acids is 1. The summed E-state index contributed by atoms with van der Waals surface area (Å²) in [5.41, 5.74) is 2.33. The standard InChI is InChI=1S/C22H26N6O3/c1-24-21(29)16-28(22(30)31)13-10-26-8-11-27(12-9-26)20-7-3-6-19(25-20)18-5-2-4-17(14-18)15-23/h2-7,14H,8-13,16H2,1H3,(H,24,29)(H,30,31). The Morgan fingerprint density at radius 2 is 1.94 bits per heavy atom. The van der Waals surface area contributed by atoms with Crippen LogP contribution in [0.1, 0.15) is 5.56 Å². The zero-order valence-electron chi connectivity index (χ0n) is 17.5. The molecule has 2 amide bonds. The van der Waals surface area contributed by atoms with Gasteiger partial charge in [0.15, 0.2) is 0 Å². The average Bonchev–Trinajstić information content (AvgIpc) is 2.81. The second kappa shape index (κ2) is 10.4. The van der Waals surface area contributed by atoms with Gasteiger partial charge in [0.2, 0.25) is 5.91 Å². The Kier molecular flexibility index (Phi) is 7.40. The number of aromatic nitrogens is 1. The molecule has 0 saturated carbocycles.